The van der Waals surface area contributed by atoms with E-state index >= 15 is 0 Å². The van der Waals surface area contributed by atoms with Gasteiger partial charge in [-0.15, -0.1) is 0 Å². The van der Waals surface area contributed by atoms with Crippen LogP contribution in [0.4, 0.5) is 0 Å². The molecule has 0 radical (unpaired) electrons. The van der Waals surface area contributed by atoms with Crippen molar-refractivity contribution in [1.29, 1.82) is 0 Å². The average molecular weight is 142 g/mol. The zero-order valence-corrected chi connectivity index (χ0v) is 6.80. The number of rotatable bonds is 5. The van der Waals surface area contributed by atoms with Crippen LogP contribution in [0.1, 0.15) is 13.3 Å². The molecule has 0 bridgehead atoms. The molecule has 0 amide bonds. The topological polar surface area (TPSA) is 41.3 Å². The molecule has 58 valence electrons. The predicted octanol–water partition coefficient (Wildman–Crippen LogP) is -0.236. The molecule has 3 nitrogen and oxygen atoms in total. The largest absolute Gasteiger partial charge is 0.349 e. The lowest BCUT2D eigenvalue weighted by molar-refractivity contribution is -0.626. The van der Waals surface area contributed by atoms with Gasteiger partial charge in [-0.25, -0.2) is 9.98 Å². The highest BCUT2D eigenvalue weighted by Gasteiger charge is 1.81. The third-order valence-corrected chi connectivity index (χ3v) is 1.06. The molecule has 2 N–H and O–H groups in total. The van der Waals surface area contributed by atoms with Gasteiger partial charge in [-0.2, -0.15) is 0 Å². The minimum atomic E-state index is 0.781. The first kappa shape index (κ1) is 9.34. The molecule has 10 heavy (non-hydrogen) atoms. The van der Waals surface area contributed by atoms with Crippen LogP contribution in [0.25, 0.3) is 0 Å². The number of nitrogens with zero attached hydrogens (tertiary/aromatic N) is 2. The van der Waals surface area contributed by atoms with Gasteiger partial charge in [0.05, 0.1) is 26.1 Å². The Morgan fingerprint density at radius 1 is 1.40 bits per heavy atom. The van der Waals surface area contributed by atoms with Gasteiger partial charge in [0.25, 0.3) is 0 Å². The van der Waals surface area contributed by atoms with Crippen LogP contribution < -0.4 is 5.32 Å². The van der Waals surface area contributed by atoms with E-state index in [1.807, 2.05) is 6.92 Å². The summed E-state index contributed by atoms with van der Waals surface area (Å²) in [6.07, 6.45) is 1.11. The fourth-order valence-corrected chi connectivity index (χ4v) is 0.545. The van der Waals surface area contributed by atoms with Gasteiger partial charge >= 0.3 is 0 Å². The molecule has 3 heteroatoms. The fraction of sp³-hybridized carbons (Fsp3) is 0.857. The molecule has 0 heterocycles. The lowest BCUT2D eigenvalue weighted by Gasteiger charge is -1.88. The fourth-order valence-electron chi connectivity index (χ4n) is 0.545. The number of quaternary nitrogens is 1. The van der Waals surface area contributed by atoms with E-state index in [9.17, 15) is 0 Å². The van der Waals surface area contributed by atoms with E-state index < -0.39 is 0 Å². The van der Waals surface area contributed by atoms with Crippen LogP contribution in [0, 0.1) is 0 Å². The smallest absolute Gasteiger partial charge is 0.0892 e. The Morgan fingerprint density at radius 3 is 2.80 bits per heavy atom. The van der Waals surface area contributed by atoms with Gasteiger partial charge in [-0.1, -0.05) is 0 Å². The van der Waals surface area contributed by atoms with Crippen LogP contribution >= 0.6 is 0 Å². The van der Waals surface area contributed by atoms with E-state index in [4.69, 9.17) is 0 Å². The van der Waals surface area contributed by atoms with E-state index in [-0.39, 0.29) is 0 Å². The van der Waals surface area contributed by atoms with Gasteiger partial charge in [0.15, 0.2) is 0 Å². The van der Waals surface area contributed by atoms with Crippen LogP contribution in [-0.2, 0) is 0 Å². The van der Waals surface area contributed by atoms with Crippen LogP contribution in [-0.4, -0.2) is 32.7 Å². The summed E-state index contributed by atoms with van der Waals surface area (Å²) in [5.74, 6) is 0. The first-order valence-corrected chi connectivity index (χ1v) is 3.77. The highest BCUT2D eigenvalue weighted by Crippen LogP contribution is 1.72. The molecular weight excluding hydrogens is 126 g/mol. The quantitative estimate of drug-likeness (QED) is 0.407. The normalized spacial score (nSPS) is 8.60. The Labute approximate surface area is 62.3 Å². The maximum absolute atomic E-state index is 3.96. The van der Waals surface area contributed by atoms with Crippen molar-refractivity contribution in [2.75, 3.05) is 26.7 Å². The second kappa shape index (κ2) is 8.34. The van der Waals surface area contributed by atoms with Gasteiger partial charge in [0, 0.05) is 13.0 Å². The second-order valence-corrected chi connectivity index (χ2v) is 2.01. The number of hydrogen-bond acceptors (Lipinski definition) is 2. The molecule has 0 aromatic rings. The third kappa shape index (κ3) is 7.34. The summed E-state index contributed by atoms with van der Waals surface area (Å²) in [7, 11) is 2.06. The second-order valence-electron chi connectivity index (χ2n) is 2.01. The number of aliphatic imine (C=N–C) groups is 2. The first-order chi connectivity index (χ1) is 4.91. The van der Waals surface area contributed by atoms with Crippen molar-refractivity contribution < 1.29 is 5.32 Å². The van der Waals surface area contributed by atoms with Crippen molar-refractivity contribution in [3.63, 3.8) is 0 Å². The Balaban J connectivity index is 3.10. The van der Waals surface area contributed by atoms with Crippen molar-refractivity contribution in [1.82, 2.24) is 0 Å². The maximum Gasteiger partial charge on any atom is 0.0892 e. The molecule has 0 saturated heterocycles. The Hall–Kier alpha value is -0.660. The minimum Gasteiger partial charge on any atom is -0.349 e. The maximum atomic E-state index is 3.96. The summed E-state index contributed by atoms with van der Waals surface area (Å²) in [5.41, 5.74) is 0. The van der Waals surface area contributed by atoms with Crippen molar-refractivity contribution in [2.45, 2.75) is 13.3 Å². The average Bonchev–Trinajstić information content (AvgIpc) is 1.97. The van der Waals surface area contributed by atoms with E-state index in [0.29, 0.717) is 0 Å². The molecule has 0 aliphatic rings. The van der Waals surface area contributed by atoms with Crippen LogP contribution in [0.5, 0.6) is 0 Å². The molecule has 0 rings (SSSR count). The monoisotopic (exact) mass is 142 g/mol. The molecule has 0 aromatic heterocycles. The summed E-state index contributed by atoms with van der Waals surface area (Å²) in [6, 6.07) is 2.63. The highest BCUT2D eigenvalue weighted by molar-refractivity contribution is 5.40. The zero-order valence-electron chi connectivity index (χ0n) is 6.80. The van der Waals surface area contributed by atoms with Gasteiger partial charge in [-0.3, -0.25) is 0 Å². The number of nitrogens with two attached hydrogens (primary N) is 1. The molecule has 0 atom stereocenters. The van der Waals surface area contributed by atoms with Gasteiger partial charge in [0.1, 0.15) is 0 Å². The minimum absolute atomic E-state index is 0.781. The SMILES string of the molecule is CCN=C=NCCC[NH2+]C. The standard InChI is InChI=1S/C7H15N3/c1-3-9-7-10-6-4-5-8-2/h8H,3-6H2,1-2H3/p+1. The summed E-state index contributed by atoms with van der Waals surface area (Å²) in [6.45, 7) is 4.75. The van der Waals surface area contributed by atoms with E-state index in [2.05, 4.69) is 28.4 Å². The number of hydrogen-bond donors (Lipinski definition) is 1. The van der Waals surface area contributed by atoms with Crippen LogP contribution in [0.15, 0.2) is 9.98 Å². The molecule has 0 aliphatic carbocycles. The summed E-state index contributed by atoms with van der Waals surface area (Å²) < 4.78 is 0. The van der Waals surface area contributed by atoms with E-state index in [1.165, 1.54) is 0 Å². The molecule has 0 aliphatic heterocycles. The molecule has 0 aromatic carbocycles. The van der Waals surface area contributed by atoms with Gasteiger partial charge in [0.2, 0.25) is 0 Å². The van der Waals surface area contributed by atoms with Gasteiger partial charge < -0.3 is 5.32 Å². The van der Waals surface area contributed by atoms with Crippen molar-refractivity contribution in [3.8, 4) is 0 Å². The molecule has 0 spiro atoms. The van der Waals surface area contributed by atoms with Gasteiger partial charge in [-0.05, 0) is 6.92 Å². The highest BCUT2D eigenvalue weighted by atomic mass is 14.8. The first-order valence-electron chi connectivity index (χ1n) is 3.77. The lowest BCUT2D eigenvalue weighted by Crippen LogP contribution is -2.79. The third-order valence-electron chi connectivity index (χ3n) is 1.06. The zero-order chi connectivity index (χ0) is 7.66. The summed E-state index contributed by atoms with van der Waals surface area (Å²) in [5, 5.41) is 2.15. The van der Waals surface area contributed by atoms with Crippen molar-refractivity contribution in [2.24, 2.45) is 9.98 Å². The molecular formula is C7H16N3+. The Kier molecular flexibility index (Phi) is 7.79. The summed E-state index contributed by atoms with van der Waals surface area (Å²) in [4.78, 5) is 7.80. The summed E-state index contributed by atoms with van der Waals surface area (Å²) >= 11 is 0. The van der Waals surface area contributed by atoms with Crippen LogP contribution in [0.3, 0.4) is 0 Å². The Bertz CT molecular complexity index is 114. The molecule has 0 unspecified atom stereocenters. The van der Waals surface area contributed by atoms with Crippen molar-refractivity contribution >= 4 is 6.01 Å². The lowest BCUT2D eigenvalue weighted by atomic mass is 10.4. The Morgan fingerprint density at radius 2 is 2.20 bits per heavy atom. The van der Waals surface area contributed by atoms with Crippen molar-refractivity contribution in [3.05, 3.63) is 0 Å². The predicted molar refractivity (Wildman–Crippen MR) is 42.6 cm³/mol. The van der Waals surface area contributed by atoms with Crippen LogP contribution in [0.2, 0.25) is 0 Å². The molecule has 0 saturated carbocycles. The van der Waals surface area contributed by atoms with E-state index in [0.717, 1.165) is 26.1 Å². The van der Waals surface area contributed by atoms with E-state index in [1.54, 1.807) is 0 Å². The molecule has 0 fully saturated rings.